The van der Waals surface area contributed by atoms with Crippen molar-refractivity contribution in [1.82, 2.24) is 19.7 Å². The van der Waals surface area contributed by atoms with Crippen LogP contribution in [0.1, 0.15) is 10.4 Å². The third kappa shape index (κ3) is 4.03. The highest BCUT2D eigenvalue weighted by Crippen LogP contribution is 2.32. The van der Waals surface area contributed by atoms with E-state index < -0.39 is 11.7 Å². The summed E-state index contributed by atoms with van der Waals surface area (Å²) in [7, 11) is 1.47. The van der Waals surface area contributed by atoms with Crippen LogP contribution in [0.4, 0.5) is 16.0 Å². The number of aromatic nitrogens is 4. The number of hydrogen-bond donors (Lipinski definition) is 2. The maximum Gasteiger partial charge on any atom is 0.262 e. The highest BCUT2D eigenvalue weighted by molar-refractivity contribution is 6.30. The smallest absolute Gasteiger partial charge is 0.262 e. The van der Waals surface area contributed by atoms with E-state index in [9.17, 15) is 9.18 Å². The van der Waals surface area contributed by atoms with Crippen LogP contribution in [0.15, 0.2) is 61.1 Å². The van der Waals surface area contributed by atoms with Crippen LogP contribution < -0.4 is 15.8 Å². The van der Waals surface area contributed by atoms with E-state index in [4.69, 9.17) is 22.1 Å². The fourth-order valence-electron chi connectivity index (χ4n) is 3.01. The summed E-state index contributed by atoms with van der Waals surface area (Å²) in [6, 6.07) is 10.9. The molecule has 1 aromatic carbocycles. The lowest BCUT2D eigenvalue weighted by atomic mass is 10.0. The number of anilines is 2. The number of nitrogens with two attached hydrogens (primary N) is 1. The third-order valence-corrected chi connectivity index (χ3v) is 4.70. The molecule has 1 amide bonds. The van der Waals surface area contributed by atoms with Crippen molar-refractivity contribution in [2.45, 2.75) is 0 Å². The van der Waals surface area contributed by atoms with Crippen LogP contribution in [0.3, 0.4) is 0 Å². The number of benzene rings is 1. The topological polar surface area (TPSA) is 108 Å². The van der Waals surface area contributed by atoms with Crippen LogP contribution in [0, 0.1) is 5.82 Å². The van der Waals surface area contributed by atoms with Gasteiger partial charge in [-0.05, 0) is 35.9 Å². The number of halogens is 2. The van der Waals surface area contributed by atoms with Gasteiger partial charge in [0.25, 0.3) is 5.91 Å². The molecule has 10 heteroatoms. The Balaban J connectivity index is 1.73. The van der Waals surface area contributed by atoms with Crippen molar-refractivity contribution in [2.75, 3.05) is 18.2 Å². The molecule has 0 fully saturated rings. The molecule has 3 heterocycles. The number of carbonyl (C=O) groups excluding carboxylic acids is 1. The fourth-order valence-corrected chi connectivity index (χ4v) is 3.12. The van der Waals surface area contributed by atoms with Gasteiger partial charge in [-0.3, -0.25) is 4.79 Å². The van der Waals surface area contributed by atoms with Crippen LogP contribution in [0.2, 0.25) is 5.02 Å². The zero-order chi connectivity index (χ0) is 22.0. The number of methoxy groups -OCH3 is 1. The summed E-state index contributed by atoms with van der Waals surface area (Å²) in [4.78, 5) is 20.7. The molecule has 0 saturated heterocycles. The molecule has 0 aliphatic rings. The zero-order valence-electron chi connectivity index (χ0n) is 16.2. The first-order valence-corrected chi connectivity index (χ1v) is 9.41. The average molecular weight is 439 g/mol. The zero-order valence-corrected chi connectivity index (χ0v) is 17.0. The van der Waals surface area contributed by atoms with E-state index in [2.05, 4.69) is 20.4 Å². The number of nitrogens with zero attached hydrogens (tertiary/aromatic N) is 4. The maximum atomic E-state index is 14.8. The van der Waals surface area contributed by atoms with E-state index in [-0.39, 0.29) is 16.9 Å². The van der Waals surface area contributed by atoms with E-state index in [1.165, 1.54) is 42.5 Å². The first kappa shape index (κ1) is 20.3. The van der Waals surface area contributed by atoms with E-state index in [0.29, 0.717) is 28.0 Å². The van der Waals surface area contributed by atoms with Gasteiger partial charge in [0, 0.05) is 24.0 Å². The third-order valence-electron chi connectivity index (χ3n) is 4.47. The van der Waals surface area contributed by atoms with E-state index in [1.807, 2.05) is 0 Å². The summed E-state index contributed by atoms with van der Waals surface area (Å²) < 4.78 is 21.3. The Morgan fingerprint density at radius 3 is 2.77 bits per heavy atom. The number of ether oxygens (including phenoxy) is 1. The van der Waals surface area contributed by atoms with E-state index >= 15 is 0 Å². The lowest BCUT2D eigenvalue weighted by molar-refractivity contribution is 0.102. The van der Waals surface area contributed by atoms with Gasteiger partial charge < -0.3 is 15.8 Å². The van der Waals surface area contributed by atoms with Crippen LogP contribution >= 0.6 is 11.6 Å². The molecule has 0 radical (unpaired) electrons. The largest absolute Gasteiger partial charge is 0.481 e. The van der Waals surface area contributed by atoms with Crippen molar-refractivity contribution in [3.05, 3.63) is 77.5 Å². The predicted molar refractivity (Wildman–Crippen MR) is 115 cm³/mol. The molecule has 0 atom stereocenters. The van der Waals surface area contributed by atoms with Crippen molar-refractivity contribution in [3.8, 4) is 22.7 Å². The molecule has 4 rings (SSSR count). The Morgan fingerprint density at radius 2 is 2.03 bits per heavy atom. The lowest BCUT2D eigenvalue weighted by Gasteiger charge is -2.13. The minimum absolute atomic E-state index is 0.0411. The Hall–Kier alpha value is -3.98. The first-order valence-electron chi connectivity index (χ1n) is 9.03. The molecule has 0 saturated carbocycles. The van der Waals surface area contributed by atoms with Gasteiger partial charge in [0.05, 0.1) is 24.0 Å². The van der Waals surface area contributed by atoms with Crippen LogP contribution in [-0.4, -0.2) is 32.8 Å². The van der Waals surface area contributed by atoms with Crippen LogP contribution in [-0.2, 0) is 0 Å². The van der Waals surface area contributed by atoms with Gasteiger partial charge in [-0.15, -0.1) is 0 Å². The number of nitrogen functional groups attached to an aromatic ring is 1. The second-order valence-corrected chi connectivity index (χ2v) is 6.83. The molecule has 3 N–H and O–H groups in total. The van der Waals surface area contributed by atoms with Crippen molar-refractivity contribution < 1.29 is 13.9 Å². The van der Waals surface area contributed by atoms with Gasteiger partial charge in [0.15, 0.2) is 0 Å². The molecule has 4 aromatic rings. The molecule has 0 unspecified atom stereocenters. The summed E-state index contributed by atoms with van der Waals surface area (Å²) in [5, 5.41) is 7.27. The summed E-state index contributed by atoms with van der Waals surface area (Å²) >= 11 is 5.81. The maximum absolute atomic E-state index is 14.8. The second kappa shape index (κ2) is 8.41. The number of hydrogen-bond acceptors (Lipinski definition) is 6. The highest BCUT2D eigenvalue weighted by Gasteiger charge is 2.20. The molecule has 8 nitrogen and oxygen atoms in total. The quantitative estimate of drug-likeness (QED) is 0.488. The Morgan fingerprint density at radius 1 is 1.19 bits per heavy atom. The molecule has 156 valence electrons. The minimum Gasteiger partial charge on any atom is -0.481 e. The van der Waals surface area contributed by atoms with Gasteiger partial charge in [0.2, 0.25) is 5.88 Å². The average Bonchev–Trinajstić information content (AvgIpc) is 3.16. The van der Waals surface area contributed by atoms with E-state index in [1.54, 1.807) is 30.3 Å². The van der Waals surface area contributed by atoms with E-state index in [0.717, 1.165) is 0 Å². The number of nitrogens with one attached hydrogen (secondary N) is 1. The van der Waals surface area contributed by atoms with Crippen molar-refractivity contribution in [2.24, 2.45) is 0 Å². The van der Waals surface area contributed by atoms with Crippen LogP contribution in [0.5, 0.6) is 5.88 Å². The normalized spacial score (nSPS) is 10.7. The first-order chi connectivity index (χ1) is 15.0. The number of carbonyl (C=O) groups is 1. The van der Waals surface area contributed by atoms with Gasteiger partial charge in [-0.1, -0.05) is 17.7 Å². The number of rotatable bonds is 5. The number of amides is 1. The molecule has 0 spiro atoms. The summed E-state index contributed by atoms with van der Waals surface area (Å²) in [6.45, 7) is 0. The minimum atomic E-state index is -0.512. The number of pyridine rings is 2. The van der Waals surface area contributed by atoms with Gasteiger partial charge in [-0.2, -0.15) is 5.10 Å². The van der Waals surface area contributed by atoms with Crippen LogP contribution in [0.25, 0.3) is 16.8 Å². The molecule has 31 heavy (non-hydrogen) atoms. The van der Waals surface area contributed by atoms with Gasteiger partial charge >= 0.3 is 0 Å². The van der Waals surface area contributed by atoms with Gasteiger partial charge in [-0.25, -0.2) is 19.0 Å². The summed E-state index contributed by atoms with van der Waals surface area (Å²) in [5.74, 6) is -0.328. The monoisotopic (exact) mass is 438 g/mol. The molecule has 3 aromatic heterocycles. The predicted octanol–water partition coefficient (Wildman–Crippen LogP) is 3.96. The standard InChI is InChI=1S/C21H16ClFN6O2/c1-31-18-9-12(7-8-25-18)19-15(23)3-2-4-16(19)29-20(24)14(11-27-29)21(30)28-17-6-5-13(22)10-26-17/h2-11H,24H2,1H3,(H,26,28,30). The molecule has 0 bridgehead atoms. The summed E-state index contributed by atoms with van der Waals surface area (Å²) in [5.41, 5.74) is 7.43. The molecule has 0 aliphatic heterocycles. The SMILES string of the molecule is COc1cc(-c2c(F)cccc2-n2ncc(C(=O)Nc3ccc(Cl)cn3)c2N)ccn1. The van der Waals surface area contributed by atoms with Crippen molar-refractivity contribution in [1.29, 1.82) is 0 Å². The highest BCUT2D eigenvalue weighted by atomic mass is 35.5. The second-order valence-electron chi connectivity index (χ2n) is 6.39. The Kier molecular flexibility index (Phi) is 5.50. The molecule has 0 aliphatic carbocycles. The van der Waals surface area contributed by atoms with Gasteiger partial charge in [0.1, 0.15) is 23.0 Å². The van der Waals surface area contributed by atoms with Crippen molar-refractivity contribution in [3.63, 3.8) is 0 Å². The Labute approximate surface area is 181 Å². The Bertz CT molecular complexity index is 1260. The molecular formula is C21H16ClFN6O2. The lowest BCUT2D eigenvalue weighted by Crippen LogP contribution is -2.15. The fraction of sp³-hybridized carbons (Fsp3) is 0.0476. The van der Waals surface area contributed by atoms with Crippen molar-refractivity contribution >= 4 is 29.1 Å². The summed E-state index contributed by atoms with van der Waals surface area (Å²) in [6.07, 6.45) is 4.23. The molecular weight excluding hydrogens is 423 g/mol.